The predicted molar refractivity (Wildman–Crippen MR) is 91.2 cm³/mol. The Morgan fingerprint density at radius 3 is 2.65 bits per heavy atom. The number of aryl methyl sites for hydroxylation is 2. The van der Waals surface area contributed by atoms with E-state index >= 15 is 0 Å². The number of aromatic nitrogens is 2. The van der Waals surface area contributed by atoms with Gasteiger partial charge < -0.3 is 14.7 Å². The van der Waals surface area contributed by atoms with Crippen molar-refractivity contribution < 1.29 is 9.84 Å². The lowest BCUT2D eigenvalue weighted by Gasteiger charge is -2.37. The fraction of sp³-hybridized carbons (Fsp3) is 0.625. The zero-order valence-electron chi connectivity index (χ0n) is 13.6. The third kappa shape index (κ3) is 2.82. The zero-order valence-corrected chi connectivity index (χ0v) is 14.4. The van der Waals surface area contributed by atoms with Gasteiger partial charge in [-0.25, -0.2) is 9.97 Å². The van der Waals surface area contributed by atoms with Crippen LogP contribution in [-0.4, -0.2) is 65.5 Å². The standard InChI is InChI=1S/C16H22N4O2S/c1-10-11(2)23-16-14(10)15(20-7-12(21)8-20)17-13(18-16)9-19-3-5-22-6-4-19/h12,21H,3-9H2,1-2H3. The van der Waals surface area contributed by atoms with Crippen molar-refractivity contribution in [2.75, 3.05) is 44.3 Å². The van der Waals surface area contributed by atoms with E-state index in [4.69, 9.17) is 14.7 Å². The van der Waals surface area contributed by atoms with E-state index in [0.717, 1.165) is 54.7 Å². The smallest absolute Gasteiger partial charge is 0.146 e. The number of anilines is 1. The Morgan fingerprint density at radius 2 is 1.96 bits per heavy atom. The maximum absolute atomic E-state index is 9.65. The predicted octanol–water partition coefficient (Wildman–Crippen LogP) is 1.32. The van der Waals surface area contributed by atoms with Crippen LogP contribution in [0.1, 0.15) is 16.3 Å². The molecule has 4 rings (SSSR count). The molecule has 0 atom stereocenters. The molecule has 4 heterocycles. The van der Waals surface area contributed by atoms with Crippen LogP contribution in [0.2, 0.25) is 0 Å². The number of β-amino-alcohol motifs (C(OH)–C–C–N with tert-alkyl or cyclic N) is 1. The number of rotatable bonds is 3. The Kier molecular flexibility index (Phi) is 3.96. The van der Waals surface area contributed by atoms with E-state index in [2.05, 4.69) is 23.6 Å². The molecule has 0 aliphatic carbocycles. The lowest BCUT2D eigenvalue weighted by molar-refractivity contribution is 0.0331. The van der Waals surface area contributed by atoms with E-state index in [9.17, 15) is 5.11 Å². The molecule has 6 nitrogen and oxygen atoms in total. The lowest BCUT2D eigenvalue weighted by Crippen LogP contribution is -2.51. The second-order valence-corrected chi connectivity index (χ2v) is 7.58. The summed E-state index contributed by atoms with van der Waals surface area (Å²) in [6.45, 7) is 9.79. The fourth-order valence-electron chi connectivity index (χ4n) is 3.16. The topological polar surface area (TPSA) is 61.7 Å². The van der Waals surface area contributed by atoms with Crippen molar-refractivity contribution in [1.82, 2.24) is 14.9 Å². The first-order valence-corrected chi connectivity index (χ1v) is 8.93. The Bertz CT molecular complexity index is 720. The van der Waals surface area contributed by atoms with Gasteiger partial charge in [-0.2, -0.15) is 0 Å². The number of hydrogen-bond acceptors (Lipinski definition) is 7. The molecule has 0 saturated carbocycles. The Balaban J connectivity index is 1.71. The first-order valence-electron chi connectivity index (χ1n) is 8.11. The molecule has 0 aromatic carbocycles. The van der Waals surface area contributed by atoms with Crippen molar-refractivity contribution in [1.29, 1.82) is 0 Å². The maximum atomic E-state index is 9.65. The third-order valence-electron chi connectivity index (χ3n) is 4.69. The van der Waals surface area contributed by atoms with E-state index in [1.54, 1.807) is 11.3 Å². The van der Waals surface area contributed by atoms with Crippen molar-refractivity contribution in [3.63, 3.8) is 0 Å². The molecule has 0 unspecified atom stereocenters. The fourth-order valence-corrected chi connectivity index (χ4v) is 4.20. The minimum atomic E-state index is -0.234. The normalized spacial score (nSPS) is 20.2. The molecule has 0 bridgehead atoms. The van der Waals surface area contributed by atoms with E-state index < -0.39 is 0 Å². The molecule has 2 fully saturated rings. The number of hydrogen-bond donors (Lipinski definition) is 1. The SMILES string of the molecule is Cc1sc2nc(CN3CCOCC3)nc(N3CC(O)C3)c2c1C. The van der Waals surface area contributed by atoms with Crippen LogP contribution in [0.25, 0.3) is 10.2 Å². The van der Waals surface area contributed by atoms with Crippen molar-refractivity contribution in [2.24, 2.45) is 0 Å². The van der Waals surface area contributed by atoms with Crippen molar-refractivity contribution in [3.05, 3.63) is 16.3 Å². The molecular formula is C16H22N4O2S. The summed E-state index contributed by atoms with van der Waals surface area (Å²) < 4.78 is 5.41. The molecule has 0 radical (unpaired) electrons. The van der Waals surface area contributed by atoms with Crippen LogP contribution in [-0.2, 0) is 11.3 Å². The molecule has 0 spiro atoms. The van der Waals surface area contributed by atoms with Gasteiger partial charge in [0.15, 0.2) is 0 Å². The molecule has 2 aliphatic rings. The Hall–Kier alpha value is -1.28. The molecule has 2 aliphatic heterocycles. The minimum absolute atomic E-state index is 0.234. The Morgan fingerprint density at radius 1 is 1.22 bits per heavy atom. The summed E-state index contributed by atoms with van der Waals surface area (Å²) in [5.74, 6) is 1.86. The molecule has 1 N–H and O–H groups in total. The van der Waals surface area contributed by atoms with E-state index in [-0.39, 0.29) is 6.10 Å². The summed E-state index contributed by atoms with van der Waals surface area (Å²) in [6.07, 6.45) is -0.234. The maximum Gasteiger partial charge on any atom is 0.146 e. The van der Waals surface area contributed by atoms with Gasteiger partial charge in [0.1, 0.15) is 16.5 Å². The zero-order chi connectivity index (χ0) is 16.0. The highest BCUT2D eigenvalue weighted by Crippen LogP contribution is 2.36. The van der Waals surface area contributed by atoms with Gasteiger partial charge in [0.2, 0.25) is 0 Å². The number of aliphatic hydroxyl groups excluding tert-OH is 1. The van der Waals surface area contributed by atoms with Crippen LogP contribution >= 0.6 is 11.3 Å². The van der Waals surface area contributed by atoms with E-state index in [1.807, 2.05) is 0 Å². The van der Waals surface area contributed by atoms with Crippen molar-refractivity contribution in [2.45, 2.75) is 26.5 Å². The number of thiophene rings is 1. The molecule has 124 valence electrons. The average Bonchev–Trinajstić information content (AvgIpc) is 2.79. The van der Waals surface area contributed by atoms with Gasteiger partial charge in [0.05, 0.1) is 31.2 Å². The average molecular weight is 334 g/mol. The summed E-state index contributed by atoms with van der Waals surface area (Å²) in [6, 6.07) is 0. The number of ether oxygens (including phenoxy) is 1. The Labute approximate surface area is 139 Å². The van der Waals surface area contributed by atoms with Gasteiger partial charge in [-0.3, -0.25) is 4.90 Å². The molecule has 23 heavy (non-hydrogen) atoms. The number of nitrogens with zero attached hydrogens (tertiary/aromatic N) is 4. The first-order chi connectivity index (χ1) is 11.1. The van der Waals surface area contributed by atoms with Crippen LogP contribution in [0, 0.1) is 13.8 Å². The van der Waals surface area contributed by atoms with E-state index in [1.165, 1.54) is 10.4 Å². The molecule has 0 amide bonds. The van der Waals surface area contributed by atoms with Gasteiger partial charge in [0, 0.05) is 31.1 Å². The summed E-state index contributed by atoms with van der Waals surface area (Å²) in [7, 11) is 0. The van der Waals surface area contributed by atoms with Crippen LogP contribution in [0.4, 0.5) is 5.82 Å². The van der Waals surface area contributed by atoms with E-state index in [0.29, 0.717) is 13.1 Å². The number of aliphatic hydroxyl groups is 1. The largest absolute Gasteiger partial charge is 0.389 e. The highest BCUT2D eigenvalue weighted by Gasteiger charge is 2.29. The first kappa shape index (κ1) is 15.3. The lowest BCUT2D eigenvalue weighted by atomic mass is 10.1. The summed E-state index contributed by atoms with van der Waals surface area (Å²) in [5.41, 5.74) is 1.26. The molecule has 2 aromatic rings. The highest BCUT2D eigenvalue weighted by molar-refractivity contribution is 7.18. The number of morpholine rings is 1. The van der Waals surface area contributed by atoms with Gasteiger partial charge >= 0.3 is 0 Å². The summed E-state index contributed by atoms with van der Waals surface area (Å²) in [4.78, 5) is 16.5. The molecule has 7 heteroatoms. The van der Waals surface area contributed by atoms with Crippen LogP contribution < -0.4 is 4.90 Å². The van der Waals surface area contributed by atoms with Gasteiger partial charge in [0.25, 0.3) is 0 Å². The molecule has 2 saturated heterocycles. The van der Waals surface area contributed by atoms with Crippen LogP contribution in [0.15, 0.2) is 0 Å². The third-order valence-corrected chi connectivity index (χ3v) is 5.79. The van der Waals surface area contributed by atoms with Crippen molar-refractivity contribution >= 4 is 27.4 Å². The monoisotopic (exact) mass is 334 g/mol. The second-order valence-electron chi connectivity index (χ2n) is 6.37. The second kappa shape index (κ2) is 5.98. The van der Waals surface area contributed by atoms with Gasteiger partial charge in [-0.1, -0.05) is 0 Å². The minimum Gasteiger partial charge on any atom is -0.389 e. The van der Waals surface area contributed by atoms with Crippen LogP contribution in [0.3, 0.4) is 0 Å². The van der Waals surface area contributed by atoms with Crippen LogP contribution in [0.5, 0.6) is 0 Å². The molecular weight excluding hydrogens is 312 g/mol. The quantitative estimate of drug-likeness (QED) is 0.913. The highest BCUT2D eigenvalue weighted by atomic mass is 32.1. The number of fused-ring (bicyclic) bond motifs is 1. The molecule has 2 aromatic heterocycles. The summed E-state index contributed by atoms with van der Waals surface area (Å²) in [5, 5.41) is 10.8. The van der Waals surface area contributed by atoms with Crippen molar-refractivity contribution in [3.8, 4) is 0 Å². The van der Waals surface area contributed by atoms with Gasteiger partial charge in [-0.15, -0.1) is 11.3 Å². The summed E-state index contributed by atoms with van der Waals surface area (Å²) >= 11 is 1.74. The van der Waals surface area contributed by atoms with Gasteiger partial charge in [-0.05, 0) is 19.4 Å².